The summed E-state index contributed by atoms with van der Waals surface area (Å²) in [6.45, 7) is 1.01. The second-order valence-corrected chi connectivity index (χ2v) is 8.10. The van der Waals surface area contributed by atoms with Crippen LogP contribution in [0.4, 0.5) is 0 Å². The number of nitrogens with one attached hydrogen (secondary N) is 2. The van der Waals surface area contributed by atoms with Crippen molar-refractivity contribution in [3.05, 3.63) is 57.2 Å². The number of aromatic amines is 1. The summed E-state index contributed by atoms with van der Waals surface area (Å²) >= 11 is 11.1. The van der Waals surface area contributed by atoms with Gasteiger partial charge in [-0.25, -0.2) is 4.98 Å². The first kappa shape index (κ1) is 19.9. The molecule has 0 radical (unpaired) electrons. The number of ether oxygens (including phenoxy) is 1. The number of rotatable bonds is 9. The van der Waals surface area contributed by atoms with Crippen LogP contribution in [0.3, 0.4) is 0 Å². The molecule has 2 heterocycles. The number of carbonyl (C=O) groups excluding carboxylic acids is 1. The van der Waals surface area contributed by atoms with E-state index < -0.39 is 0 Å². The number of nitrogens with zero attached hydrogens (tertiary/aromatic N) is 1. The molecule has 5 nitrogen and oxygen atoms in total. The van der Waals surface area contributed by atoms with Gasteiger partial charge in [-0.3, -0.25) is 4.79 Å². The molecule has 27 heavy (non-hydrogen) atoms. The van der Waals surface area contributed by atoms with Crippen LogP contribution in [0.15, 0.2) is 46.5 Å². The van der Waals surface area contributed by atoms with Crippen molar-refractivity contribution in [2.75, 3.05) is 13.2 Å². The zero-order valence-corrected chi connectivity index (χ0v) is 17.7. The summed E-state index contributed by atoms with van der Waals surface area (Å²) in [5.74, 6) is 0.637. The fourth-order valence-electron chi connectivity index (χ4n) is 2.56. The fourth-order valence-corrected chi connectivity index (χ4v) is 4.04. The molecule has 0 aliphatic rings. The number of hydrogen-bond acceptors (Lipinski definition) is 4. The topological polar surface area (TPSA) is 67.0 Å². The number of aromatic nitrogens is 2. The number of halogens is 2. The van der Waals surface area contributed by atoms with Crippen LogP contribution in [0.2, 0.25) is 5.02 Å². The van der Waals surface area contributed by atoms with Gasteiger partial charge in [-0.2, -0.15) is 0 Å². The molecule has 0 saturated heterocycles. The van der Waals surface area contributed by atoms with Gasteiger partial charge in [0, 0.05) is 29.6 Å². The predicted molar refractivity (Wildman–Crippen MR) is 112 cm³/mol. The van der Waals surface area contributed by atoms with Gasteiger partial charge in [0.25, 0.3) is 0 Å². The molecule has 0 aliphatic carbocycles. The highest BCUT2D eigenvalue weighted by Gasteiger charge is 2.10. The Bertz CT molecular complexity index is 883. The lowest BCUT2D eigenvalue weighted by Crippen LogP contribution is -2.26. The highest BCUT2D eigenvalue weighted by molar-refractivity contribution is 9.10. The van der Waals surface area contributed by atoms with E-state index >= 15 is 0 Å². The van der Waals surface area contributed by atoms with Crippen molar-refractivity contribution in [1.82, 2.24) is 15.3 Å². The van der Waals surface area contributed by atoms with Crippen LogP contribution < -0.4 is 10.1 Å². The summed E-state index contributed by atoms with van der Waals surface area (Å²) in [7, 11) is 0. The summed E-state index contributed by atoms with van der Waals surface area (Å²) in [6, 6.07) is 9.50. The van der Waals surface area contributed by atoms with E-state index in [0.717, 1.165) is 20.7 Å². The highest BCUT2D eigenvalue weighted by Crippen LogP contribution is 2.28. The SMILES string of the molecule is O=C(CCCOc1ccc(Br)cc1Cl)NCCc1[nH]cnc1-c1cccs1. The Kier molecular flexibility index (Phi) is 7.32. The van der Waals surface area contributed by atoms with Crippen LogP contribution in [0.1, 0.15) is 18.5 Å². The second kappa shape index (κ2) is 9.92. The normalized spacial score (nSPS) is 10.7. The van der Waals surface area contributed by atoms with E-state index in [1.165, 1.54) is 0 Å². The molecule has 0 spiro atoms. The van der Waals surface area contributed by atoms with Crippen molar-refractivity contribution >= 4 is 44.8 Å². The molecule has 142 valence electrons. The number of amides is 1. The third-order valence-electron chi connectivity index (χ3n) is 3.87. The zero-order valence-electron chi connectivity index (χ0n) is 14.5. The summed E-state index contributed by atoms with van der Waals surface area (Å²) in [6.07, 6.45) is 3.44. The van der Waals surface area contributed by atoms with Gasteiger partial charge in [0.1, 0.15) is 11.4 Å². The van der Waals surface area contributed by atoms with Crippen LogP contribution in [-0.2, 0) is 11.2 Å². The Morgan fingerprint density at radius 1 is 1.37 bits per heavy atom. The Balaban J connectivity index is 1.35. The monoisotopic (exact) mass is 467 g/mol. The summed E-state index contributed by atoms with van der Waals surface area (Å²) < 4.78 is 6.52. The molecule has 0 bridgehead atoms. The van der Waals surface area contributed by atoms with Crippen molar-refractivity contribution in [3.63, 3.8) is 0 Å². The summed E-state index contributed by atoms with van der Waals surface area (Å²) in [5, 5.41) is 5.52. The molecule has 0 fully saturated rings. The van der Waals surface area contributed by atoms with E-state index in [-0.39, 0.29) is 5.91 Å². The smallest absolute Gasteiger partial charge is 0.220 e. The third-order valence-corrected chi connectivity index (χ3v) is 5.53. The molecule has 2 N–H and O–H groups in total. The largest absolute Gasteiger partial charge is 0.492 e. The number of H-pyrrole nitrogens is 1. The maximum atomic E-state index is 12.0. The van der Waals surface area contributed by atoms with Gasteiger partial charge in [0.2, 0.25) is 5.91 Å². The van der Waals surface area contributed by atoms with E-state index in [1.807, 2.05) is 29.6 Å². The summed E-state index contributed by atoms with van der Waals surface area (Å²) in [5.41, 5.74) is 1.99. The fraction of sp³-hybridized carbons (Fsp3) is 0.263. The Morgan fingerprint density at radius 2 is 2.26 bits per heavy atom. The molecule has 0 aliphatic heterocycles. The number of hydrogen-bond donors (Lipinski definition) is 2. The number of benzene rings is 1. The molecule has 2 aromatic heterocycles. The molecule has 0 unspecified atom stereocenters. The molecule has 1 aromatic carbocycles. The first-order valence-corrected chi connectivity index (χ1v) is 10.6. The van der Waals surface area contributed by atoms with Gasteiger partial charge < -0.3 is 15.0 Å². The predicted octanol–water partition coefficient (Wildman–Crippen LogP) is 5.07. The van der Waals surface area contributed by atoms with Gasteiger partial charge in [-0.15, -0.1) is 11.3 Å². The molecule has 3 aromatic rings. The van der Waals surface area contributed by atoms with Crippen LogP contribution in [0.5, 0.6) is 5.75 Å². The third kappa shape index (κ3) is 5.82. The average Bonchev–Trinajstić information content (AvgIpc) is 3.31. The minimum absolute atomic E-state index is 0.0118. The maximum absolute atomic E-state index is 12.0. The number of carbonyl (C=O) groups is 1. The number of thiophene rings is 1. The first-order valence-electron chi connectivity index (χ1n) is 8.54. The molecule has 0 atom stereocenters. The molecule has 3 rings (SSSR count). The van der Waals surface area contributed by atoms with Crippen LogP contribution in [0.25, 0.3) is 10.6 Å². The van der Waals surface area contributed by atoms with E-state index in [2.05, 4.69) is 31.2 Å². The van der Waals surface area contributed by atoms with E-state index in [0.29, 0.717) is 43.2 Å². The zero-order chi connectivity index (χ0) is 19.1. The standard InChI is InChI=1S/C19H19BrClN3O2S/c20-13-5-6-16(14(21)11-13)26-9-1-4-18(25)22-8-7-15-19(24-12-23-15)17-3-2-10-27-17/h2-3,5-6,10-12H,1,4,7-9H2,(H,22,25)(H,23,24). The van der Waals surface area contributed by atoms with Crippen molar-refractivity contribution in [2.45, 2.75) is 19.3 Å². The van der Waals surface area contributed by atoms with Gasteiger partial charge in [0.15, 0.2) is 0 Å². The second-order valence-electron chi connectivity index (χ2n) is 5.83. The van der Waals surface area contributed by atoms with Gasteiger partial charge >= 0.3 is 0 Å². The number of imidazole rings is 1. The molecular formula is C19H19BrClN3O2S. The lowest BCUT2D eigenvalue weighted by molar-refractivity contribution is -0.121. The molecule has 1 amide bonds. The van der Waals surface area contributed by atoms with Gasteiger partial charge in [-0.05, 0) is 36.1 Å². The van der Waals surface area contributed by atoms with Crippen molar-refractivity contribution in [1.29, 1.82) is 0 Å². The van der Waals surface area contributed by atoms with Crippen molar-refractivity contribution in [3.8, 4) is 16.3 Å². The van der Waals surface area contributed by atoms with E-state index in [4.69, 9.17) is 16.3 Å². The average molecular weight is 469 g/mol. The Morgan fingerprint density at radius 3 is 3.04 bits per heavy atom. The van der Waals surface area contributed by atoms with Gasteiger partial charge in [0.05, 0.1) is 22.8 Å². The minimum Gasteiger partial charge on any atom is -0.492 e. The Hall–Kier alpha value is -1.83. The van der Waals surface area contributed by atoms with Crippen molar-refractivity contribution in [2.24, 2.45) is 0 Å². The van der Waals surface area contributed by atoms with Crippen LogP contribution in [0, 0.1) is 0 Å². The molecule has 8 heteroatoms. The highest BCUT2D eigenvalue weighted by atomic mass is 79.9. The van der Waals surface area contributed by atoms with Crippen molar-refractivity contribution < 1.29 is 9.53 Å². The summed E-state index contributed by atoms with van der Waals surface area (Å²) in [4.78, 5) is 20.6. The van der Waals surface area contributed by atoms with E-state index in [9.17, 15) is 4.79 Å². The lowest BCUT2D eigenvalue weighted by Gasteiger charge is -2.09. The Labute approximate surface area is 175 Å². The molecular weight excluding hydrogens is 450 g/mol. The van der Waals surface area contributed by atoms with E-state index in [1.54, 1.807) is 23.7 Å². The lowest BCUT2D eigenvalue weighted by atomic mass is 10.2. The van der Waals surface area contributed by atoms with Gasteiger partial charge in [-0.1, -0.05) is 33.6 Å². The van der Waals surface area contributed by atoms with Crippen LogP contribution >= 0.6 is 38.9 Å². The quantitative estimate of drug-likeness (QED) is 0.431. The first-order chi connectivity index (χ1) is 13.1. The molecule has 0 saturated carbocycles. The minimum atomic E-state index is 0.0118. The van der Waals surface area contributed by atoms with Crippen LogP contribution in [-0.4, -0.2) is 29.0 Å². The maximum Gasteiger partial charge on any atom is 0.220 e.